The SMILES string of the molecule is CN(C)C(=O)c1cccc(NCc2cc(Cl)cs2)c1. The summed E-state index contributed by atoms with van der Waals surface area (Å²) in [6, 6.07) is 9.43. The van der Waals surface area contributed by atoms with Gasteiger partial charge in [-0.05, 0) is 24.3 Å². The Kier molecular flexibility index (Phi) is 4.45. The van der Waals surface area contributed by atoms with Crippen molar-refractivity contribution in [2.75, 3.05) is 19.4 Å². The van der Waals surface area contributed by atoms with E-state index in [0.29, 0.717) is 12.1 Å². The van der Waals surface area contributed by atoms with Gasteiger partial charge in [0.05, 0.1) is 5.02 Å². The third-order valence-electron chi connectivity index (χ3n) is 2.60. The molecule has 0 spiro atoms. The molecule has 1 heterocycles. The molecule has 0 aliphatic rings. The summed E-state index contributed by atoms with van der Waals surface area (Å²) >= 11 is 7.49. The Morgan fingerprint density at radius 1 is 1.37 bits per heavy atom. The summed E-state index contributed by atoms with van der Waals surface area (Å²) in [7, 11) is 3.49. The van der Waals surface area contributed by atoms with E-state index >= 15 is 0 Å². The van der Waals surface area contributed by atoms with Crippen LogP contribution in [0.2, 0.25) is 5.02 Å². The van der Waals surface area contributed by atoms with E-state index in [1.54, 1.807) is 30.3 Å². The molecule has 0 radical (unpaired) electrons. The summed E-state index contributed by atoms with van der Waals surface area (Å²) in [6.45, 7) is 0.705. The van der Waals surface area contributed by atoms with Crippen molar-refractivity contribution < 1.29 is 4.79 Å². The number of carbonyl (C=O) groups is 1. The third kappa shape index (κ3) is 3.72. The van der Waals surface area contributed by atoms with Crippen LogP contribution in [-0.2, 0) is 6.54 Å². The second-order valence-electron chi connectivity index (χ2n) is 4.37. The summed E-state index contributed by atoms with van der Waals surface area (Å²) in [5.74, 6) is 0.00261. The summed E-state index contributed by atoms with van der Waals surface area (Å²) < 4.78 is 0. The number of amides is 1. The first-order valence-electron chi connectivity index (χ1n) is 5.85. The monoisotopic (exact) mass is 294 g/mol. The molecule has 0 bridgehead atoms. The maximum Gasteiger partial charge on any atom is 0.253 e. The number of halogens is 1. The fraction of sp³-hybridized carbons (Fsp3) is 0.214. The number of hydrogen-bond donors (Lipinski definition) is 1. The fourth-order valence-corrected chi connectivity index (χ4v) is 2.67. The van der Waals surface area contributed by atoms with Crippen LogP contribution in [0.4, 0.5) is 5.69 Å². The lowest BCUT2D eigenvalue weighted by Gasteiger charge is -2.11. The van der Waals surface area contributed by atoms with Crippen LogP contribution in [0.5, 0.6) is 0 Å². The average Bonchev–Trinajstić information content (AvgIpc) is 2.81. The molecule has 0 saturated carbocycles. The predicted octanol–water partition coefficient (Wildman–Crippen LogP) is 3.72. The first-order valence-corrected chi connectivity index (χ1v) is 7.10. The van der Waals surface area contributed by atoms with E-state index in [-0.39, 0.29) is 5.91 Å². The number of rotatable bonds is 4. The van der Waals surface area contributed by atoms with Crippen molar-refractivity contribution in [3.8, 4) is 0 Å². The summed E-state index contributed by atoms with van der Waals surface area (Å²) in [5, 5.41) is 5.96. The lowest BCUT2D eigenvalue weighted by Crippen LogP contribution is -2.21. The molecule has 0 fully saturated rings. The molecule has 1 N–H and O–H groups in total. The number of nitrogens with zero attached hydrogens (tertiary/aromatic N) is 1. The molecule has 0 aliphatic carbocycles. The molecule has 5 heteroatoms. The largest absolute Gasteiger partial charge is 0.380 e. The third-order valence-corrected chi connectivity index (χ3v) is 3.89. The number of hydrogen-bond acceptors (Lipinski definition) is 3. The van der Waals surface area contributed by atoms with Crippen LogP contribution in [0.15, 0.2) is 35.7 Å². The number of nitrogens with one attached hydrogen (secondary N) is 1. The van der Waals surface area contributed by atoms with Crippen LogP contribution in [0, 0.1) is 0 Å². The highest BCUT2D eigenvalue weighted by Gasteiger charge is 2.08. The van der Waals surface area contributed by atoms with Gasteiger partial charge in [-0.1, -0.05) is 17.7 Å². The van der Waals surface area contributed by atoms with Gasteiger partial charge in [-0.3, -0.25) is 4.79 Å². The Morgan fingerprint density at radius 2 is 2.16 bits per heavy atom. The van der Waals surface area contributed by atoms with Gasteiger partial charge in [-0.25, -0.2) is 0 Å². The first-order chi connectivity index (χ1) is 9.06. The Labute approximate surface area is 121 Å². The van der Waals surface area contributed by atoms with E-state index in [9.17, 15) is 4.79 Å². The van der Waals surface area contributed by atoms with E-state index in [4.69, 9.17) is 11.6 Å². The van der Waals surface area contributed by atoms with Crippen molar-refractivity contribution >= 4 is 34.5 Å². The Morgan fingerprint density at radius 3 is 2.79 bits per heavy atom. The molecule has 0 aliphatic heterocycles. The molecule has 2 rings (SSSR count). The zero-order valence-electron chi connectivity index (χ0n) is 10.8. The Bertz CT molecular complexity index is 580. The molecule has 0 unspecified atom stereocenters. The van der Waals surface area contributed by atoms with Crippen molar-refractivity contribution in [3.63, 3.8) is 0 Å². The van der Waals surface area contributed by atoms with E-state index in [1.165, 1.54) is 0 Å². The standard InChI is InChI=1S/C14H15ClN2OS/c1-17(2)14(18)10-4-3-5-12(6-10)16-8-13-7-11(15)9-19-13/h3-7,9,16H,8H2,1-2H3. The lowest BCUT2D eigenvalue weighted by molar-refractivity contribution is 0.0827. The van der Waals surface area contributed by atoms with Gasteiger partial charge in [0.2, 0.25) is 0 Å². The number of anilines is 1. The molecule has 0 atom stereocenters. The second kappa shape index (κ2) is 6.08. The van der Waals surface area contributed by atoms with Crippen molar-refractivity contribution in [2.45, 2.75) is 6.54 Å². The van der Waals surface area contributed by atoms with E-state index in [0.717, 1.165) is 15.6 Å². The average molecular weight is 295 g/mol. The Hall–Kier alpha value is -1.52. The van der Waals surface area contributed by atoms with Gasteiger partial charge in [-0.2, -0.15) is 0 Å². The first kappa shape index (κ1) is 13.9. The quantitative estimate of drug-likeness (QED) is 0.932. The number of thiophene rings is 1. The number of carbonyl (C=O) groups excluding carboxylic acids is 1. The van der Waals surface area contributed by atoms with Gasteiger partial charge < -0.3 is 10.2 Å². The predicted molar refractivity (Wildman–Crippen MR) is 81.1 cm³/mol. The van der Waals surface area contributed by atoms with E-state index in [2.05, 4.69) is 5.32 Å². The van der Waals surface area contributed by atoms with Crippen LogP contribution < -0.4 is 5.32 Å². The zero-order valence-corrected chi connectivity index (χ0v) is 12.4. The zero-order chi connectivity index (χ0) is 13.8. The van der Waals surface area contributed by atoms with Crippen LogP contribution >= 0.6 is 22.9 Å². The Balaban J connectivity index is 2.05. The summed E-state index contributed by atoms with van der Waals surface area (Å²) in [6.07, 6.45) is 0. The van der Waals surface area contributed by atoms with Gasteiger partial charge in [0.15, 0.2) is 0 Å². The van der Waals surface area contributed by atoms with Crippen LogP contribution in [0.25, 0.3) is 0 Å². The maximum atomic E-state index is 11.9. The van der Waals surface area contributed by atoms with Gasteiger partial charge in [0.1, 0.15) is 0 Å². The highest BCUT2D eigenvalue weighted by atomic mass is 35.5. The normalized spacial score (nSPS) is 10.3. The van der Waals surface area contributed by atoms with Gasteiger partial charge in [0, 0.05) is 42.1 Å². The van der Waals surface area contributed by atoms with Crippen molar-refractivity contribution in [1.29, 1.82) is 0 Å². The molecule has 0 saturated heterocycles. The van der Waals surface area contributed by atoms with Crippen LogP contribution in [0.1, 0.15) is 15.2 Å². The van der Waals surface area contributed by atoms with Gasteiger partial charge in [-0.15, -0.1) is 11.3 Å². The molecular weight excluding hydrogens is 280 g/mol. The smallest absolute Gasteiger partial charge is 0.253 e. The highest BCUT2D eigenvalue weighted by Crippen LogP contribution is 2.20. The molecule has 19 heavy (non-hydrogen) atoms. The topological polar surface area (TPSA) is 32.3 Å². The molecule has 100 valence electrons. The highest BCUT2D eigenvalue weighted by molar-refractivity contribution is 7.10. The summed E-state index contributed by atoms with van der Waals surface area (Å²) in [5.41, 5.74) is 1.61. The molecular formula is C14H15ClN2OS. The van der Waals surface area contributed by atoms with Crippen molar-refractivity contribution in [2.24, 2.45) is 0 Å². The van der Waals surface area contributed by atoms with Crippen molar-refractivity contribution in [1.82, 2.24) is 4.90 Å². The lowest BCUT2D eigenvalue weighted by atomic mass is 10.2. The fourth-order valence-electron chi connectivity index (χ4n) is 1.66. The van der Waals surface area contributed by atoms with Crippen LogP contribution in [-0.4, -0.2) is 24.9 Å². The minimum Gasteiger partial charge on any atom is -0.380 e. The van der Waals surface area contributed by atoms with Gasteiger partial charge in [0.25, 0.3) is 5.91 Å². The molecule has 1 amide bonds. The van der Waals surface area contributed by atoms with Gasteiger partial charge >= 0.3 is 0 Å². The van der Waals surface area contributed by atoms with E-state index in [1.807, 2.05) is 35.7 Å². The molecule has 1 aromatic carbocycles. The minimum absolute atomic E-state index is 0.00261. The summed E-state index contributed by atoms with van der Waals surface area (Å²) in [4.78, 5) is 14.6. The molecule has 1 aromatic heterocycles. The number of benzene rings is 1. The molecule has 2 aromatic rings. The van der Waals surface area contributed by atoms with Crippen molar-refractivity contribution in [3.05, 3.63) is 51.2 Å². The van der Waals surface area contributed by atoms with E-state index < -0.39 is 0 Å². The minimum atomic E-state index is 0.00261. The maximum absolute atomic E-state index is 11.9. The second-order valence-corrected chi connectivity index (χ2v) is 5.80. The molecule has 3 nitrogen and oxygen atoms in total. The van der Waals surface area contributed by atoms with Crippen LogP contribution in [0.3, 0.4) is 0 Å².